The van der Waals surface area contributed by atoms with E-state index in [2.05, 4.69) is 6.92 Å². The van der Waals surface area contributed by atoms with Crippen LogP contribution in [0.15, 0.2) is 12.2 Å². The molecule has 3 heteroatoms. The Balaban J connectivity index is 1.80. The van der Waals surface area contributed by atoms with Gasteiger partial charge in [-0.15, -0.1) is 0 Å². The van der Waals surface area contributed by atoms with Gasteiger partial charge in [-0.2, -0.15) is 0 Å². The molecule has 2 unspecified atom stereocenters. The third kappa shape index (κ3) is 3.09. The Morgan fingerprint density at radius 1 is 1.35 bits per heavy atom. The maximum atomic E-state index is 12.2. The fourth-order valence-corrected chi connectivity index (χ4v) is 3.00. The van der Waals surface area contributed by atoms with E-state index in [-0.39, 0.29) is 12.0 Å². The number of piperidine rings is 1. The molecular formula is C14H24N2O. The van der Waals surface area contributed by atoms with Crippen molar-refractivity contribution in [3.8, 4) is 0 Å². The zero-order chi connectivity index (χ0) is 12.3. The molecule has 1 aliphatic carbocycles. The molecule has 2 atom stereocenters. The molecule has 0 aromatic rings. The summed E-state index contributed by atoms with van der Waals surface area (Å²) in [6.07, 6.45) is 9.70. The molecule has 0 saturated carbocycles. The number of amides is 1. The van der Waals surface area contributed by atoms with E-state index in [4.69, 9.17) is 5.73 Å². The number of carbonyl (C=O) groups excluding carboxylic acids is 1. The van der Waals surface area contributed by atoms with Gasteiger partial charge in [0.2, 0.25) is 5.91 Å². The molecule has 1 fully saturated rings. The van der Waals surface area contributed by atoms with Gasteiger partial charge in [-0.1, -0.05) is 31.9 Å². The van der Waals surface area contributed by atoms with E-state index in [0.29, 0.717) is 5.91 Å². The van der Waals surface area contributed by atoms with Crippen LogP contribution in [0.1, 0.15) is 39.0 Å². The van der Waals surface area contributed by atoms with Crippen molar-refractivity contribution in [3.63, 3.8) is 0 Å². The number of hydrogen-bond donors (Lipinski definition) is 1. The lowest BCUT2D eigenvalue weighted by molar-refractivity contribution is -0.135. The van der Waals surface area contributed by atoms with Gasteiger partial charge in [0, 0.05) is 19.1 Å². The molecule has 0 aromatic carbocycles. The van der Waals surface area contributed by atoms with Crippen LogP contribution in [0, 0.1) is 11.8 Å². The van der Waals surface area contributed by atoms with Crippen molar-refractivity contribution in [2.45, 2.75) is 45.1 Å². The Hall–Kier alpha value is -0.830. The van der Waals surface area contributed by atoms with Crippen molar-refractivity contribution in [3.05, 3.63) is 12.2 Å². The van der Waals surface area contributed by atoms with Crippen molar-refractivity contribution < 1.29 is 4.79 Å². The summed E-state index contributed by atoms with van der Waals surface area (Å²) < 4.78 is 0. The van der Waals surface area contributed by atoms with Crippen LogP contribution < -0.4 is 5.73 Å². The Morgan fingerprint density at radius 3 is 2.59 bits per heavy atom. The van der Waals surface area contributed by atoms with E-state index in [1.807, 2.05) is 17.1 Å². The van der Waals surface area contributed by atoms with Gasteiger partial charge in [-0.3, -0.25) is 4.79 Å². The smallest absolute Gasteiger partial charge is 0.229 e. The number of nitrogens with two attached hydrogens (primary N) is 1. The van der Waals surface area contributed by atoms with E-state index in [1.54, 1.807) is 0 Å². The average molecular weight is 236 g/mol. The fraction of sp³-hybridized carbons (Fsp3) is 0.786. The maximum Gasteiger partial charge on any atom is 0.229 e. The summed E-state index contributed by atoms with van der Waals surface area (Å²) in [5.74, 6) is 1.18. The Kier molecular flexibility index (Phi) is 4.21. The molecule has 2 rings (SSSR count). The van der Waals surface area contributed by atoms with Crippen molar-refractivity contribution in [1.29, 1.82) is 0 Å². The van der Waals surface area contributed by atoms with Crippen LogP contribution in [0.5, 0.6) is 0 Å². The van der Waals surface area contributed by atoms with Crippen LogP contribution in [0.3, 0.4) is 0 Å². The maximum absolute atomic E-state index is 12.2. The predicted molar refractivity (Wildman–Crippen MR) is 69.4 cm³/mol. The predicted octanol–water partition coefficient (Wildman–Crippen LogP) is 1.93. The van der Waals surface area contributed by atoms with Crippen molar-refractivity contribution in [2.24, 2.45) is 17.6 Å². The second-order valence-electron chi connectivity index (χ2n) is 5.45. The Bertz CT molecular complexity index is 293. The fourth-order valence-electron chi connectivity index (χ4n) is 3.00. The summed E-state index contributed by atoms with van der Waals surface area (Å²) in [5, 5.41) is 0. The zero-order valence-electron chi connectivity index (χ0n) is 10.8. The number of likely N-dealkylation sites (tertiary alicyclic amines) is 1. The first-order valence-corrected chi connectivity index (χ1v) is 6.93. The molecule has 1 heterocycles. The monoisotopic (exact) mass is 236 g/mol. The quantitative estimate of drug-likeness (QED) is 0.761. The molecule has 96 valence electrons. The average Bonchev–Trinajstić information content (AvgIpc) is 2.76. The molecule has 0 radical (unpaired) electrons. The molecule has 1 aliphatic heterocycles. The minimum Gasteiger partial charge on any atom is -0.342 e. The van der Waals surface area contributed by atoms with Crippen molar-refractivity contribution >= 4 is 5.91 Å². The van der Waals surface area contributed by atoms with E-state index in [1.165, 1.54) is 25.7 Å². The van der Waals surface area contributed by atoms with Crippen molar-refractivity contribution in [1.82, 2.24) is 4.90 Å². The highest BCUT2D eigenvalue weighted by molar-refractivity contribution is 5.81. The summed E-state index contributed by atoms with van der Waals surface area (Å²) >= 11 is 0. The highest BCUT2D eigenvalue weighted by atomic mass is 16.2. The van der Waals surface area contributed by atoms with Gasteiger partial charge in [0.15, 0.2) is 0 Å². The van der Waals surface area contributed by atoms with Crippen molar-refractivity contribution in [2.75, 3.05) is 13.1 Å². The van der Waals surface area contributed by atoms with E-state index in [0.717, 1.165) is 25.4 Å². The standard InChI is InChI=1S/C14H24N2O/c1-2-3-11-6-8-16(9-7-11)14(17)12-4-5-13(15)10-12/h4-5,11-13H,2-3,6-10,15H2,1H3. The lowest BCUT2D eigenvalue weighted by Crippen LogP contribution is -2.41. The Morgan fingerprint density at radius 2 is 2.06 bits per heavy atom. The lowest BCUT2D eigenvalue weighted by atomic mass is 9.92. The van der Waals surface area contributed by atoms with Gasteiger partial charge < -0.3 is 10.6 Å². The number of rotatable bonds is 3. The summed E-state index contributed by atoms with van der Waals surface area (Å²) in [6.45, 7) is 4.13. The third-order valence-corrected chi connectivity index (χ3v) is 4.06. The molecular weight excluding hydrogens is 212 g/mol. The van der Waals surface area contributed by atoms with E-state index < -0.39 is 0 Å². The van der Waals surface area contributed by atoms with Gasteiger partial charge in [-0.25, -0.2) is 0 Å². The van der Waals surface area contributed by atoms with Gasteiger partial charge in [0.25, 0.3) is 0 Å². The molecule has 1 saturated heterocycles. The van der Waals surface area contributed by atoms with Gasteiger partial charge >= 0.3 is 0 Å². The third-order valence-electron chi connectivity index (χ3n) is 4.06. The number of carbonyl (C=O) groups is 1. The normalized spacial score (nSPS) is 29.9. The topological polar surface area (TPSA) is 46.3 Å². The molecule has 2 N–H and O–H groups in total. The van der Waals surface area contributed by atoms with Crippen LogP contribution in [0.4, 0.5) is 0 Å². The minimum atomic E-state index is 0.0488. The number of hydrogen-bond acceptors (Lipinski definition) is 2. The lowest BCUT2D eigenvalue weighted by Gasteiger charge is -2.33. The molecule has 3 nitrogen and oxygen atoms in total. The first kappa shape index (κ1) is 12.6. The van der Waals surface area contributed by atoms with Gasteiger partial charge in [-0.05, 0) is 25.2 Å². The largest absolute Gasteiger partial charge is 0.342 e. The molecule has 2 aliphatic rings. The highest BCUT2D eigenvalue weighted by Crippen LogP contribution is 2.25. The molecule has 0 bridgehead atoms. The minimum absolute atomic E-state index is 0.0488. The van der Waals surface area contributed by atoms with Gasteiger partial charge in [0.1, 0.15) is 0 Å². The summed E-state index contributed by atoms with van der Waals surface area (Å²) in [4.78, 5) is 14.3. The highest BCUT2D eigenvalue weighted by Gasteiger charge is 2.29. The van der Waals surface area contributed by atoms with Crippen LogP contribution >= 0.6 is 0 Å². The van der Waals surface area contributed by atoms with Crippen LogP contribution in [-0.2, 0) is 4.79 Å². The summed E-state index contributed by atoms with van der Waals surface area (Å²) in [6, 6.07) is 0.0848. The SMILES string of the molecule is CCCC1CCN(C(=O)C2C=CC(N)C2)CC1. The van der Waals surface area contributed by atoms with Crippen LogP contribution in [0.25, 0.3) is 0 Å². The molecule has 17 heavy (non-hydrogen) atoms. The van der Waals surface area contributed by atoms with Gasteiger partial charge in [0.05, 0.1) is 5.92 Å². The summed E-state index contributed by atoms with van der Waals surface area (Å²) in [5.41, 5.74) is 5.80. The first-order chi connectivity index (χ1) is 8.20. The van der Waals surface area contributed by atoms with Crippen LogP contribution in [-0.4, -0.2) is 29.9 Å². The zero-order valence-corrected chi connectivity index (χ0v) is 10.8. The first-order valence-electron chi connectivity index (χ1n) is 6.93. The second kappa shape index (κ2) is 5.67. The Labute approximate surface area is 104 Å². The summed E-state index contributed by atoms with van der Waals surface area (Å²) in [7, 11) is 0. The molecule has 0 aromatic heterocycles. The second-order valence-corrected chi connectivity index (χ2v) is 5.45. The van der Waals surface area contributed by atoms with E-state index in [9.17, 15) is 4.79 Å². The molecule has 1 amide bonds. The number of nitrogens with zero attached hydrogens (tertiary/aromatic N) is 1. The van der Waals surface area contributed by atoms with E-state index >= 15 is 0 Å². The molecule has 0 spiro atoms. The van der Waals surface area contributed by atoms with Crippen LogP contribution in [0.2, 0.25) is 0 Å².